The standard InChI is InChI=1S/C21H18ClN5O4/c1-25-15-6-4-13(10-17(15)31-21(25)30)24-18(28)11-27-16-9-12(22)3-5-14(16)19-23-7-2-8-26(19)20(27)29/h3-6,9-10H,2,7-8,11H2,1H3,(H,24,28). The molecule has 2 aliphatic heterocycles. The maximum atomic E-state index is 13.1. The van der Waals surface area contributed by atoms with Crippen molar-refractivity contribution in [3.63, 3.8) is 0 Å². The number of anilines is 2. The van der Waals surface area contributed by atoms with Gasteiger partial charge in [-0.05, 0) is 36.8 Å². The minimum Gasteiger partial charge on any atom is -0.408 e. The van der Waals surface area contributed by atoms with Crippen molar-refractivity contribution in [2.45, 2.75) is 6.42 Å². The average molecular weight is 440 g/mol. The van der Waals surface area contributed by atoms with E-state index in [1.807, 2.05) is 6.07 Å². The number of oxazole rings is 1. The fraction of sp³-hybridized carbons (Fsp3) is 0.238. The molecule has 5 rings (SSSR count). The van der Waals surface area contributed by atoms with Crippen LogP contribution in [0.25, 0.3) is 11.1 Å². The Bertz CT molecular complexity index is 1330. The summed E-state index contributed by atoms with van der Waals surface area (Å²) in [5, 5.41) is 3.23. The van der Waals surface area contributed by atoms with Crippen LogP contribution in [-0.4, -0.2) is 46.9 Å². The Morgan fingerprint density at radius 1 is 1.23 bits per heavy atom. The Morgan fingerprint density at radius 3 is 2.90 bits per heavy atom. The summed E-state index contributed by atoms with van der Waals surface area (Å²) in [5.74, 6) is -0.261. The van der Waals surface area contributed by atoms with Crippen LogP contribution in [0.5, 0.6) is 0 Å². The molecular formula is C21H18ClN5O4. The minimum absolute atomic E-state index is 0.202. The third kappa shape index (κ3) is 3.27. The van der Waals surface area contributed by atoms with E-state index in [1.165, 1.54) is 9.47 Å². The number of rotatable bonds is 3. The summed E-state index contributed by atoms with van der Waals surface area (Å²) in [6.45, 7) is 0.994. The minimum atomic E-state index is -0.482. The molecule has 0 radical (unpaired) electrons. The molecule has 0 saturated carbocycles. The molecule has 0 fully saturated rings. The fourth-order valence-electron chi connectivity index (χ4n) is 3.90. The van der Waals surface area contributed by atoms with E-state index in [1.54, 1.807) is 42.3 Å². The number of aliphatic imine (C=N–C) groups is 1. The number of halogens is 1. The molecule has 31 heavy (non-hydrogen) atoms. The van der Waals surface area contributed by atoms with Crippen LogP contribution in [0.4, 0.5) is 16.2 Å². The Kier molecular flexibility index (Phi) is 4.55. The van der Waals surface area contributed by atoms with Gasteiger partial charge in [-0.3, -0.25) is 24.2 Å². The molecule has 0 aliphatic carbocycles. The highest BCUT2D eigenvalue weighted by Crippen LogP contribution is 2.33. The van der Waals surface area contributed by atoms with Crippen LogP contribution < -0.4 is 16.0 Å². The van der Waals surface area contributed by atoms with Gasteiger partial charge in [0, 0.05) is 42.5 Å². The van der Waals surface area contributed by atoms with E-state index in [-0.39, 0.29) is 12.6 Å². The van der Waals surface area contributed by atoms with Crippen molar-refractivity contribution in [3.8, 4) is 0 Å². The first-order chi connectivity index (χ1) is 14.9. The van der Waals surface area contributed by atoms with Gasteiger partial charge < -0.3 is 9.73 Å². The Labute approximate surface area is 181 Å². The van der Waals surface area contributed by atoms with E-state index in [4.69, 9.17) is 16.0 Å². The second-order valence-electron chi connectivity index (χ2n) is 7.40. The third-order valence-corrected chi connectivity index (χ3v) is 5.62. The van der Waals surface area contributed by atoms with Crippen LogP contribution in [-0.2, 0) is 11.8 Å². The zero-order chi connectivity index (χ0) is 21.7. The molecule has 158 valence electrons. The van der Waals surface area contributed by atoms with Crippen molar-refractivity contribution in [1.29, 1.82) is 0 Å². The number of carbonyl (C=O) groups is 2. The van der Waals surface area contributed by atoms with Crippen molar-refractivity contribution in [1.82, 2.24) is 9.47 Å². The van der Waals surface area contributed by atoms with E-state index in [9.17, 15) is 14.4 Å². The second kappa shape index (κ2) is 7.28. The van der Waals surface area contributed by atoms with Crippen LogP contribution in [0.1, 0.15) is 12.0 Å². The van der Waals surface area contributed by atoms with E-state index in [0.29, 0.717) is 46.4 Å². The summed E-state index contributed by atoms with van der Waals surface area (Å²) in [6.07, 6.45) is 0.764. The Hall–Kier alpha value is -3.59. The smallest absolute Gasteiger partial charge is 0.408 e. The Balaban J connectivity index is 1.43. The molecule has 3 aromatic rings. The molecule has 2 aliphatic rings. The number of hydrogen-bond donors (Lipinski definition) is 1. The molecule has 1 N–H and O–H groups in total. The quantitative estimate of drug-likeness (QED) is 0.678. The molecule has 0 unspecified atom stereocenters. The fourth-order valence-corrected chi connectivity index (χ4v) is 4.06. The van der Waals surface area contributed by atoms with Gasteiger partial charge in [0.05, 0.1) is 11.2 Å². The number of benzene rings is 2. The molecule has 0 bridgehead atoms. The topological polar surface area (TPSA) is 100 Å². The summed E-state index contributed by atoms with van der Waals surface area (Å²) in [7, 11) is 1.61. The van der Waals surface area contributed by atoms with Crippen LogP contribution in [0, 0.1) is 0 Å². The first-order valence-electron chi connectivity index (χ1n) is 9.75. The van der Waals surface area contributed by atoms with E-state index < -0.39 is 11.7 Å². The Morgan fingerprint density at radius 2 is 2.06 bits per heavy atom. The van der Waals surface area contributed by atoms with Crippen molar-refractivity contribution in [3.05, 3.63) is 57.5 Å². The molecular weight excluding hydrogens is 422 g/mol. The monoisotopic (exact) mass is 439 g/mol. The van der Waals surface area contributed by atoms with Gasteiger partial charge >= 0.3 is 11.8 Å². The third-order valence-electron chi connectivity index (χ3n) is 5.39. The SMILES string of the molecule is Cn1c(=O)oc2cc(NC(=O)CN3C(=O)N4CCCN=C4c4ccc(Cl)cc43)ccc21. The number of urea groups is 1. The van der Waals surface area contributed by atoms with Gasteiger partial charge in [0.1, 0.15) is 12.4 Å². The van der Waals surface area contributed by atoms with Gasteiger partial charge in [-0.2, -0.15) is 0 Å². The number of aromatic nitrogens is 1. The molecule has 3 amide bonds. The number of aryl methyl sites for hydroxylation is 1. The zero-order valence-corrected chi connectivity index (χ0v) is 17.3. The van der Waals surface area contributed by atoms with Gasteiger partial charge in [-0.1, -0.05) is 11.6 Å². The number of amidine groups is 1. The highest BCUT2D eigenvalue weighted by Gasteiger charge is 2.37. The molecule has 0 saturated heterocycles. The predicted octanol–water partition coefficient (Wildman–Crippen LogP) is 2.82. The number of fused-ring (bicyclic) bond motifs is 4. The number of nitrogens with one attached hydrogen (secondary N) is 1. The number of carbonyl (C=O) groups excluding carboxylic acids is 2. The average Bonchev–Trinajstić information content (AvgIpc) is 3.04. The lowest BCUT2D eigenvalue weighted by Crippen LogP contribution is -2.54. The first kappa shape index (κ1) is 19.4. The summed E-state index contributed by atoms with van der Waals surface area (Å²) in [5.41, 5.74) is 2.77. The summed E-state index contributed by atoms with van der Waals surface area (Å²) >= 11 is 6.17. The molecule has 3 heterocycles. The second-order valence-corrected chi connectivity index (χ2v) is 7.83. The molecule has 1 aromatic heterocycles. The van der Waals surface area contributed by atoms with Crippen molar-refractivity contribution in [2.24, 2.45) is 12.0 Å². The highest BCUT2D eigenvalue weighted by atomic mass is 35.5. The van der Waals surface area contributed by atoms with E-state index in [2.05, 4.69) is 10.3 Å². The predicted molar refractivity (Wildman–Crippen MR) is 117 cm³/mol. The first-order valence-corrected chi connectivity index (χ1v) is 10.1. The normalized spacial score (nSPS) is 15.5. The van der Waals surface area contributed by atoms with Crippen molar-refractivity contribution in [2.75, 3.05) is 29.9 Å². The molecule has 10 heteroatoms. The van der Waals surface area contributed by atoms with Crippen LogP contribution in [0.3, 0.4) is 0 Å². The lowest BCUT2D eigenvalue weighted by Gasteiger charge is -2.39. The largest absolute Gasteiger partial charge is 0.419 e. The summed E-state index contributed by atoms with van der Waals surface area (Å²) in [6, 6.07) is 9.85. The zero-order valence-electron chi connectivity index (χ0n) is 16.6. The van der Waals surface area contributed by atoms with Crippen molar-refractivity contribution < 1.29 is 14.0 Å². The summed E-state index contributed by atoms with van der Waals surface area (Å²) in [4.78, 5) is 45.1. The van der Waals surface area contributed by atoms with Crippen LogP contribution >= 0.6 is 11.6 Å². The van der Waals surface area contributed by atoms with Gasteiger partial charge in [0.25, 0.3) is 0 Å². The molecule has 9 nitrogen and oxygen atoms in total. The molecule has 0 atom stereocenters. The molecule has 2 aromatic carbocycles. The van der Waals surface area contributed by atoms with E-state index >= 15 is 0 Å². The summed E-state index contributed by atoms with van der Waals surface area (Å²) < 4.78 is 6.54. The van der Waals surface area contributed by atoms with Gasteiger partial charge in [-0.25, -0.2) is 9.59 Å². The lowest BCUT2D eigenvalue weighted by atomic mass is 10.1. The van der Waals surface area contributed by atoms with Gasteiger partial charge in [0.15, 0.2) is 5.58 Å². The van der Waals surface area contributed by atoms with Crippen LogP contribution in [0.15, 0.2) is 50.6 Å². The highest BCUT2D eigenvalue weighted by molar-refractivity contribution is 6.31. The number of hydrogen-bond acceptors (Lipinski definition) is 5. The number of amides is 3. The van der Waals surface area contributed by atoms with Gasteiger partial charge in [-0.15, -0.1) is 0 Å². The van der Waals surface area contributed by atoms with E-state index in [0.717, 1.165) is 12.0 Å². The number of nitrogens with zero attached hydrogens (tertiary/aromatic N) is 4. The van der Waals surface area contributed by atoms with Crippen molar-refractivity contribution >= 4 is 51.8 Å². The lowest BCUT2D eigenvalue weighted by molar-refractivity contribution is -0.114. The maximum Gasteiger partial charge on any atom is 0.419 e. The maximum absolute atomic E-state index is 13.1. The van der Waals surface area contributed by atoms with Gasteiger partial charge in [0.2, 0.25) is 5.91 Å². The van der Waals surface area contributed by atoms with Crippen LogP contribution in [0.2, 0.25) is 5.02 Å². The molecule has 0 spiro atoms.